The summed E-state index contributed by atoms with van der Waals surface area (Å²) in [6.45, 7) is 6.18. The van der Waals surface area contributed by atoms with Crippen LogP contribution < -0.4 is 10.3 Å². The highest BCUT2D eigenvalue weighted by Crippen LogP contribution is 2.30. The molecule has 36 heavy (non-hydrogen) atoms. The summed E-state index contributed by atoms with van der Waals surface area (Å²) in [7, 11) is 0. The van der Waals surface area contributed by atoms with Crippen LogP contribution in [0.3, 0.4) is 0 Å². The summed E-state index contributed by atoms with van der Waals surface area (Å²) in [6, 6.07) is 25.0. The van der Waals surface area contributed by atoms with Gasteiger partial charge in [0.05, 0.1) is 11.0 Å². The summed E-state index contributed by atoms with van der Waals surface area (Å²) >= 11 is 0. The second-order valence-corrected chi connectivity index (χ2v) is 8.41. The number of hydrogen-bond acceptors (Lipinski definition) is 5. The Morgan fingerprint density at radius 1 is 0.833 bits per heavy atom. The van der Waals surface area contributed by atoms with Crippen LogP contribution in [-0.4, -0.2) is 24.1 Å². The lowest BCUT2D eigenvalue weighted by Crippen LogP contribution is -2.24. The van der Waals surface area contributed by atoms with Crippen molar-refractivity contribution in [1.82, 2.24) is 24.1 Å². The molecule has 0 N–H and O–H groups in total. The van der Waals surface area contributed by atoms with Crippen molar-refractivity contribution in [2.24, 2.45) is 0 Å². The third-order valence-corrected chi connectivity index (χ3v) is 6.14. The zero-order valence-electron chi connectivity index (χ0n) is 19.8. The summed E-state index contributed by atoms with van der Waals surface area (Å²) in [6.07, 6.45) is 2.31. The SMILES string of the molecule is C=CCn1c(CC)nc2c(c1=O)c1nc3ccccc3nc1n2-c1ccc(Oc2ccccc2)cc1. The lowest BCUT2D eigenvalue weighted by Gasteiger charge is -2.11. The molecule has 0 saturated carbocycles. The van der Waals surface area contributed by atoms with Crippen LogP contribution in [-0.2, 0) is 13.0 Å². The van der Waals surface area contributed by atoms with Crippen molar-refractivity contribution in [2.45, 2.75) is 19.9 Å². The first-order chi connectivity index (χ1) is 17.7. The van der Waals surface area contributed by atoms with Gasteiger partial charge in [-0.2, -0.15) is 0 Å². The van der Waals surface area contributed by atoms with Crippen LogP contribution in [0.5, 0.6) is 11.5 Å². The Kier molecular flexibility index (Phi) is 5.30. The highest BCUT2D eigenvalue weighted by Gasteiger charge is 2.22. The Hall–Kier alpha value is -4.78. The van der Waals surface area contributed by atoms with Gasteiger partial charge in [0.25, 0.3) is 5.56 Å². The summed E-state index contributed by atoms with van der Waals surface area (Å²) < 4.78 is 9.54. The standard InChI is InChI=1S/C29H23N5O2/c1-3-18-33-24(4-2)32-27-25(29(33)35)26-28(31-23-13-9-8-12-22(23)30-26)34(27)19-14-16-21(17-15-19)36-20-10-6-5-7-11-20/h3,5-17H,1,4,18H2,2H3. The van der Waals surface area contributed by atoms with Gasteiger partial charge in [0, 0.05) is 18.7 Å². The largest absolute Gasteiger partial charge is 0.457 e. The summed E-state index contributed by atoms with van der Waals surface area (Å²) in [5, 5.41) is 0.451. The zero-order valence-corrected chi connectivity index (χ0v) is 19.8. The fourth-order valence-electron chi connectivity index (χ4n) is 4.49. The Bertz CT molecular complexity index is 1800. The van der Waals surface area contributed by atoms with Crippen molar-refractivity contribution in [3.63, 3.8) is 0 Å². The minimum absolute atomic E-state index is 0.144. The van der Waals surface area contributed by atoms with Crippen LogP contribution in [0.2, 0.25) is 0 Å². The summed E-state index contributed by atoms with van der Waals surface area (Å²) in [5.74, 6) is 2.15. The second-order valence-electron chi connectivity index (χ2n) is 8.41. The molecule has 0 bridgehead atoms. The molecule has 0 radical (unpaired) electrons. The number of rotatable bonds is 6. The molecule has 0 aliphatic heterocycles. The quantitative estimate of drug-likeness (QED) is 0.285. The van der Waals surface area contributed by atoms with E-state index in [1.807, 2.05) is 90.4 Å². The van der Waals surface area contributed by atoms with Crippen LogP contribution in [0.15, 0.2) is 96.3 Å². The molecule has 0 aliphatic carbocycles. The number of benzene rings is 3. The topological polar surface area (TPSA) is 74.8 Å². The monoisotopic (exact) mass is 473 g/mol. The second kappa shape index (κ2) is 8.78. The van der Waals surface area contributed by atoms with E-state index in [-0.39, 0.29) is 5.56 Å². The van der Waals surface area contributed by atoms with Crippen LogP contribution >= 0.6 is 0 Å². The van der Waals surface area contributed by atoms with E-state index in [0.29, 0.717) is 46.7 Å². The molecule has 6 rings (SSSR count). The van der Waals surface area contributed by atoms with Gasteiger partial charge >= 0.3 is 0 Å². The molecule has 0 saturated heterocycles. The number of ether oxygens (including phenoxy) is 1. The molecule has 6 aromatic rings. The van der Waals surface area contributed by atoms with Crippen LogP contribution in [0.25, 0.3) is 38.9 Å². The average Bonchev–Trinajstić information content (AvgIpc) is 3.23. The van der Waals surface area contributed by atoms with E-state index in [1.54, 1.807) is 10.6 Å². The van der Waals surface area contributed by atoms with Gasteiger partial charge in [0.2, 0.25) is 0 Å². The number of aromatic nitrogens is 5. The van der Waals surface area contributed by atoms with Gasteiger partial charge in [0.1, 0.15) is 28.2 Å². The molecule has 7 heteroatoms. The van der Waals surface area contributed by atoms with E-state index in [0.717, 1.165) is 22.5 Å². The average molecular weight is 474 g/mol. The molecule has 7 nitrogen and oxygen atoms in total. The maximum Gasteiger partial charge on any atom is 0.265 e. The Morgan fingerprint density at radius 2 is 1.50 bits per heavy atom. The third-order valence-electron chi connectivity index (χ3n) is 6.14. The first-order valence-corrected chi connectivity index (χ1v) is 11.8. The molecule has 3 aromatic carbocycles. The molecule has 3 heterocycles. The van der Waals surface area contributed by atoms with Crippen molar-refractivity contribution in [1.29, 1.82) is 0 Å². The molecule has 3 aromatic heterocycles. The van der Waals surface area contributed by atoms with E-state index >= 15 is 0 Å². The normalized spacial score (nSPS) is 11.4. The van der Waals surface area contributed by atoms with E-state index in [9.17, 15) is 4.79 Å². The van der Waals surface area contributed by atoms with Gasteiger partial charge in [-0.3, -0.25) is 13.9 Å². The molecule has 176 valence electrons. The van der Waals surface area contributed by atoms with E-state index in [4.69, 9.17) is 19.7 Å². The van der Waals surface area contributed by atoms with Crippen LogP contribution in [0, 0.1) is 0 Å². The van der Waals surface area contributed by atoms with E-state index < -0.39 is 0 Å². The lowest BCUT2D eigenvalue weighted by atomic mass is 10.3. The predicted octanol–water partition coefficient (Wildman–Crippen LogP) is 5.82. The molecule has 0 aliphatic rings. The number of aryl methyl sites for hydroxylation is 1. The first kappa shape index (κ1) is 21.7. The van der Waals surface area contributed by atoms with E-state index in [2.05, 4.69) is 6.58 Å². The molecular weight excluding hydrogens is 450 g/mol. The molecule has 0 fully saturated rings. The minimum atomic E-state index is -0.144. The maximum absolute atomic E-state index is 13.7. The van der Waals surface area contributed by atoms with Gasteiger partial charge in [-0.1, -0.05) is 43.3 Å². The third kappa shape index (κ3) is 3.53. The van der Waals surface area contributed by atoms with Crippen LogP contribution in [0.4, 0.5) is 0 Å². The number of nitrogens with zero attached hydrogens (tertiary/aromatic N) is 5. The lowest BCUT2D eigenvalue weighted by molar-refractivity contribution is 0.482. The fraction of sp³-hybridized carbons (Fsp3) is 0.103. The molecule has 0 atom stereocenters. The van der Waals surface area contributed by atoms with Crippen molar-refractivity contribution < 1.29 is 4.74 Å². The van der Waals surface area contributed by atoms with Crippen LogP contribution in [0.1, 0.15) is 12.7 Å². The molecular formula is C29H23N5O2. The van der Waals surface area contributed by atoms with E-state index in [1.165, 1.54) is 0 Å². The zero-order chi connectivity index (χ0) is 24.6. The van der Waals surface area contributed by atoms with Gasteiger partial charge in [0.15, 0.2) is 11.3 Å². The Balaban J connectivity index is 1.62. The van der Waals surface area contributed by atoms with Crippen molar-refractivity contribution in [2.75, 3.05) is 0 Å². The molecule has 0 amide bonds. The number of fused-ring (bicyclic) bond motifs is 4. The fourth-order valence-corrected chi connectivity index (χ4v) is 4.49. The molecule has 0 unspecified atom stereocenters. The van der Waals surface area contributed by atoms with Gasteiger partial charge in [-0.15, -0.1) is 6.58 Å². The highest BCUT2D eigenvalue weighted by molar-refractivity contribution is 6.05. The Labute approximate surface area is 207 Å². The predicted molar refractivity (Wildman–Crippen MR) is 142 cm³/mol. The minimum Gasteiger partial charge on any atom is -0.457 e. The van der Waals surface area contributed by atoms with Crippen molar-refractivity contribution in [3.8, 4) is 17.2 Å². The smallest absolute Gasteiger partial charge is 0.265 e. The van der Waals surface area contributed by atoms with Crippen molar-refractivity contribution in [3.05, 3.63) is 108 Å². The number of para-hydroxylation sites is 3. The number of allylic oxidation sites excluding steroid dienone is 1. The maximum atomic E-state index is 13.7. The van der Waals surface area contributed by atoms with Gasteiger partial charge < -0.3 is 4.74 Å². The van der Waals surface area contributed by atoms with Gasteiger partial charge in [-0.05, 0) is 48.5 Å². The number of hydrogen-bond donors (Lipinski definition) is 0. The highest BCUT2D eigenvalue weighted by atomic mass is 16.5. The van der Waals surface area contributed by atoms with Crippen molar-refractivity contribution >= 4 is 33.2 Å². The Morgan fingerprint density at radius 3 is 2.19 bits per heavy atom. The summed E-state index contributed by atoms with van der Waals surface area (Å²) in [5.41, 5.74) is 3.81. The summed E-state index contributed by atoms with van der Waals surface area (Å²) in [4.78, 5) is 28.4. The van der Waals surface area contributed by atoms with Gasteiger partial charge in [-0.25, -0.2) is 15.0 Å². The first-order valence-electron chi connectivity index (χ1n) is 11.8. The molecule has 0 spiro atoms.